The van der Waals surface area contributed by atoms with Crippen LogP contribution < -0.4 is 10.6 Å². The fourth-order valence-electron chi connectivity index (χ4n) is 2.54. The van der Waals surface area contributed by atoms with Crippen LogP contribution in [-0.2, 0) is 16.1 Å². The maximum atomic E-state index is 12.6. The molecule has 2 aromatic rings. The molecule has 0 unspecified atom stereocenters. The van der Waals surface area contributed by atoms with E-state index in [1.165, 1.54) is 18.0 Å². The highest BCUT2D eigenvalue weighted by Crippen LogP contribution is 2.25. The lowest BCUT2D eigenvalue weighted by atomic mass is 10.1. The van der Waals surface area contributed by atoms with Crippen molar-refractivity contribution < 1.29 is 19.1 Å². The van der Waals surface area contributed by atoms with E-state index in [1.54, 1.807) is 57.2 Å². The van der Waals surface area contributed by atoms with Gasteiger partial charge in [0.2, 0.25) is 5.91 Å². The molecule has 0 saturated heterocycles. The molecule has 0 heterocycles. The van der Waals surface area contributed by atoms with Gasteiger partial charge in [-0.05, 0) is 56.7 Å². The lowest BCUT2D eigenvalue weighted by Gasteiger charge is -2.19. The molecule has 166 valence electrons. The van der Waals surface area contributed by atoms with E-state index >= 15 is 0 Å². The number of hydrogen-bond acceptors (Lipinski definition) is 4. The molecule has 9 heteroatoms. The monoisotopic (exact) mass is 465 g/mol. The van der Waals surface area contributed by atoms with Crippen LogP contribution in [-0.4, -0.2) is 42.0 Å². The predicted molar refractivity (Wildman–Crippen MR) is 122 cm³/mol. The largest absolute Gasteiger partial charge is 0.444 e. The summed E-state index contributed by atoms with van der Waals surface area (Å²) in [7, 11) is 1.54. The third-order valence-electron chi connectivity index (χ3n) is 3.97. The second-order valence-electron chi connectivity index (χ2n) is 7.89. The number of alkyl carbamates (subject to hydrolysis) is 1. The molecule has 2 N–H and O–H groups in total. The molecule has 0 fully saturated rings. The summed E-state index contributed by atoms with van der Waals surface area (Å²) in [5, 5.41) is 6.04. The third kappa shape index (κ3) is 8.11. The van der Waals surface area contributed by atoms with Gasteiger partial charge in [0.1, 0.15) is 5.60 Å². The van der Waals surface area contributed by atoms with Crippen LogP contribution in [0, 0.1) is 0 Å². The van der Waals surface area contributed by atoms with Crippen molar-refractivity contribution in [1.29, 1.82) is 0 Å². The molecule has 7 nitrogen and oxygen atoms in total. The van der Waals surface area contributed by atoms with Crippen LogP contribution in [0.2, 0.25) is 10.0 Å². The van der Waals surface area contributed by atoms with E-state index in [0.717, 1.165) is 5.56 Å². The average Bonchev–Trinajstić information content (AvgIpc) is 2.67. The Morgan fingerprint density at radius 2 is 1.65 bits per heavy atom. The maximum Gasteiger partial charge on any atom is 0.407 e. The maximum absolute atomic E-state index is 12.6. The Labute approximate surface area is 191 Å². The SMILES string of the molecule is CN(CC(=O)Nc1ccc(Cl)c(Cl)c1)C(=O)c1ccc(CNC(=O)OC(C)(C)C)cc1. The molecule has 3 amide bonds. The number of nitrogens with zero attached hydrogens (tertiary/aromatic N) is 1. The van der Waals surface area contributed by atoms with Gasteiger partial charge in [-0.3, -0.25) is 9.59 Å². The Bertz CT molecular complexity index is 956. The van der Waals surface area contributed by atoms with Gasteiger partial charge in [-0.2, -0.15) is 0 Å². The summed E-state index contributed by atoms with van der Waals surface area (Å²) in [6.07, 6.45) is -0.514. The minimum absolute atomic E-state index is 0.138. The van der Waals surface area contributed by atoms with E-state index in [1.807, 2.05) is 0 Å². The molecule has 0 aliphatic heterocycles. The lowest BCUT2D eigenvalue weighted by Crippen LogP contribution is -2.35. The van der Waals surface area contributed by atoms with Crippen molar-refractivity contribution in [2.45, 2.75) is 32.9 Å². The van der Waals surface area contributed by atoms with E-state index in [-0.39, 0.29) is 24.9 Å². The average molecular weight is 466 g/mol. The molecular weight excluding hydrogens is 441 g/mol. The number of hydrogen-bond donors (Lipinski definition) is 2. The first kappa shape index (κ1) is 24.5. The molecule has 0 aliphatic carbocycles. The van der Waals surface area contributed by atoms with E-state index in [9.17, 15) is 14.4 Å². The number of halogens is 2. The van der Waals surface area contributed by atoms with Crippen LogP contribution in [0.4, 0.5) is 10.5 Å². The number of nitrogens with one attached hydrogen (secondary N) is 2. The molecular formula is C22H25Cl2N3O4. The summed E-state index contributed by atoms with van der Waals surface area (Å²) in [6, 6.07) is 11.5. The van der Waals surface area contributed by atoms with Gasteiger partial charge in [0, 0.05) is 24.8 Å². The third-order valence-corrected chi connectivity index (χ3v) is 4.71. The van der Waals surface area contributed by atoms with Gasteiger partial charge >= 0.3 is 6.09 Å². The number of ether oxygens (including phenoxy) is 1. The molecule has 2 rings (SSSR count). The topological polar surface area (TPSA) is 87.7 Å². The quantitative estimate of drug-likeness (QED) is 0.645. The van der Waals surface area contributed by atoms with Crippen molar-refractivity contribution in [3.63, 3.8) is 0 Å². The minimum Gasteiger partial charge on any atom is -0.444 e. The Morgan fingerprint density at radius 3 is 2.23 bits per heavy atom. The van der Waals surface area contributed by atoms with E-state index in [2.05, 4.69) is 10.6 Å². The van der Waals surface area contributed by atoms with Crippen LogP contribution in [0.5, 0.6) is 0 Å². The Morgan fingerprint density at radius 1 is 1.00 bits per heavy atom. The first-order valence-electron chi connectivity index (χ1n) is 9.51. The van der Waals surface area contributed by atoms with Crippen molar-refractivity contribution in [3.8, 4) is 0 Å². The summed E-state index contributed by atoms with van der Waals surface area (Å²) in [5.74, 6) is -0.677. The molecule has 0 saturated carbocycles. The van der Waals surface area contributed by atoms with Crippen LogP contribution >= 0.6 is 23.2 Å². The minimum atomic E-state index is -0.572. The fourth-order valence-corrected chi connectivity index (χ4v) is 2.83. The Balaban J connectivity index is 1.88. The molecule has 2 aromatic carbocycles. The standard InChI is InChI=1S/C22H25Cl2N3O4/c1-22(2,3)31-21(30)25-12-14-5-7-15(8-6-14)20(29)27(4)13-19(28)26-16-9-10-17(23)18(24)11-16/h5-11H,12-13H2,1-4H3,(H,25,30)(H,26,28). The predicted octanol–water partition coefficient (Wildman–Crippen LogP) is 4.73. The molecule has 0 radical (unpaired) electrons. The number of anilines is 1. The smallest absolute Gasteiger partial charge is 0.407 e. The first-order chi connectivity index (χ1) is 14.4. The Kier molecular flexibility index (Phi) is 8.30. The van der Waals surface area contributed by atoms with Gasteiger partial charge in [-0.25, -0.2) is 4.79 Å². The molecule has 0 spiro atoms. The highest BCUT2D eigenvalue weighted by molar-refractivity contribution is 6.42. The zero-order valence-electron chi connectivity index (χ0n) is 17.8. The summed E-state index contributed by atoms with van der Waals surface area (Å²) in [4.78, 5) is 37.8. The van der Waals surface area contributed by atoms with Crippen LogP contribution in [0.15, 0.2) is 42.5 Å². The second-order valence-corrected chi connectivity index (χ2v) is 8.71. The second kappa shape index (κ2) is 10.5. The highest BCUT2D eigenvalue weighted by Gasteiger charge is 2.17. The van der Waals surface area contributed by atoms with E-state index < -0.39 is 11.7 Å². The van der Waals surface area contributed by atoms with Crippen LogP contribution in [0.3, 0.4) is 0 Å². The zero-order chi connectivity index (χ0) is 23.2. The number of likely N-dealkylation sites (N-methyl/N-ethyl adjacent to an activating group) is 1. The van der Waals surface area contributed by atoms with Gasteiger partial charge < -0.3 is 20.3 Å². The molecule has 31 heavy (non-hydrogen) atoms. The van der Waals surface area contributed by atoms with Gasteiger partial charge in [0.05, 0.1) is 16.6 Å². The number of benzene rings is 2. The van der Waals surface area contributed by atoms with Gasteiger partial charge in [0.15, 0.2) is 0 Å². The molecule has 0 bridgehead atoms. The summed E-state index contributed by atoms with van der Waals surface area (Å²) >= 11 is 11.8. The normalized spacial score (nSPS) is 10.9. The van der Waals surface area contributed by atoms with E-state index in [0.29, 0.717) is 21.3 Å². The van der Waals surface area contributed by atoms with Crippen molar-refractivity contribution in [1.82, 2.24) is 10.2 Å². The van der Waals surface area contributed by atoms with Gasteiger partial charge in [-0.1, -0.05) is 35.3 Å². The first-order valence-corrected chi connectivity index (χ1v) is 10.3. The summed E-state index contributed by atoms with van der Waals surface area (Å²) in [6.45, 7) is 5.49. The fraction of sp³-hybridized carbons (Fsp3) is 0.318. The summed E-state index contributed by atoms with van der Waals surface area (Å²) < 4.78 is 5.18. The molecule has 0 aliphatic rings. The highest BCUT2D eigenvalue weighted by atomic mass is 35.5. The number of amides is 3. The number of carbonyl (C=O) groups is 3. The zero-order valence-corrected chi connectivity index (χ0v) is 19.3. The van der Waals surface area contributed by atoms with Crippen molar-refractivity contribution in [2.75, 3.05) is 18.9 Å². The number of carbonyl (C=O) groups excluding carboxylic acids is 3. The number of rotatable bonds is 6. The van der Waals surface area contributed by atoms with Crippen molar-refractivity contribution in [3.05, 3.63) is 63.6 Å². The van der Waals surface area contributed by atoms with Gasteiger partial charge in [0.25, 0.3) is 5.91 Å². The van der Waals surface area contributed by atoms with Crippen molar-refractivity contribution in [2.24, 2.45) is 0 Å². The molecule has 0 atom stereocenters. The van der Waals surface area contributed by atoms with Crippen LogP contribution in [0.25, 0.3) is 0 Å². The summed E-state index contributed by atoms with van der Waals surface area (Å²) in [5.41, 5.74) is 1.15. The lowest BCUT2D eigenvalue weighted by molar-refractivity contribution is -0.116. The van der Waals surface area contributed by atoms with Crippen LogP contribution in [0.1, 0.15) is 36.7 Å². The molecule has 0 aromatic heterocycles. The van der Waals surface area contributed by atoms with E-state index in [4.69, 9.17) is 27.9 Å². The van der Waals surface area contributed by atoms with Crippen molar-refractivity contribution >= 4 is 46.8 Å². The Hall–Kier alpha value is -2.77. The van der Waals surface area contributed by atoms with Gasteiger partial charge in [-0.15, -0.1) is 0 Å².